The van der Waals surface area contributed by atoms with Crippen LogP contribution in [-0.2, 0) is 0 Å². The van der Waals surface area contributed by atoms with E-state index < -0.39 is 4.92 Å². The van der Waals surface area contributed by atoms with Gasteiger partial charge in [-0.3, -0.25) is 10.1 Å². The molecule has 0 N–H and O–H groups in total. The summed E-state index contributed by atoms with van der Waals surface area (Å²) in [6, 6.07) is 0.0576. The summed E-state index contributed by atoms with van der Waals surface area (Å²) in [5.74, 6) is 0.238. The normalized spacial score (nSPS) is 13.2. The summed E-state index contributed by atoms with van der Waals surface area (Å²) in [5, 5.41) is 11.0. The average molecular weight is 273 g/mol. The van der Waals surface area contributed by atoms with Gasteiger partial charge in [0.15, 0.2) is 0 Å². The van der Waals surface area contributed by atoms with E-state index in [-0.39, 0.29) is 28.2 Å². The van der Waals surface area contributed by atoms with Crippen LogP contribution in [0.1, 0.15) is 27.7 Å². The first-order chi connectivity index (χ1) is 8.14. The second-order valence-electron chi connectivity index (χ2n) is 5.26. The van der Waals surface area contributed by atoms with Crippen LogP contribution in [-0.4, -0.2) is 28.0 Å². The Labute approximate surface area is 111 Å². The minimum Gasteiger partial charge on any atom is -0.351 e. The molecule has 1 aromatic heterocycles. The molecule has 6 nitrogen and oxygen atoms in total. The monoisotopic (exact) mass is 272 g/mol. The van der Waals surface area contributed by atoms with Crippen LogP contribution in [0.25, 0.3) is 0 Å². The SMILES string of the molecule is CC(N(C)c1nc(Cl)ncc1[N+](=O)[O-])C(C)(C)C. The number of hydrogen-bond acceptors (Lipinski definition) is 5. The topological polar surface area (TPSA) is 72.2 Å². The van der Waals surface area contributed by atoms with Gasteiger partial charge in [-0.05, 0) is 23.9 Å². The molecule has 0 amide bonds. The van der Waals surface area contributed by atoms with Crippen molar-refractivity contribution in [2.24, 2.45) is 5.41 Å². The second kappa shape index (κ2) is 5.06. The molecule has 1 atom stereocenters. The minimum absolute atomic E-state index is 0.00330. The smallest absolute Gasteiger partial charge is 0.329 e. The third kappa shape index (κ3) is 3.07. The maximum absolute atomic E-state index is 11.0. The Hall–Kier alpha value is -1.43. The van der Waals surface area contributed by atoms with E-state index in [9.17, 15) is 10.1 Å². The molecule has 18 heavy (non-hydrogen) atoms. The standard InChI is InChI=1S/C11H17ClN4O2/c1-7(11(2,3)4)15(5)9-8(16(17)18)6-13-10(12)14-9/h6-7H,1-5H3. The average Bonchev–Trinajstić information content (AvgIpc) is 2.25. The summed E-state index contributed by atoms with van der Waals surface area (Å²) in [5.41, 5.74) is -0.182. The highest BCUT2D eigenvalue weighted by Crippen LogP contribution is 2.31. The van der Waals surface area contributed by atoms with Crippen LogP contribution in [0, 0.1) is 15.5 Å². The van der Waals surface area contributed by atoms with Crippen LogP contribution in [0.15, 0.2) is 6.20 Å². The lowest BCUT2D eigenvalue weighted by Crippen LogP contribution is -2.40. The number of anilines is 1. The molecule has 7 heteroatoms. The molecule has 0 radical (unpaired) electrons. The molecular weight excluding hydrogens is 256 g/mol. The van der Waals surface area contributed by atoms with Crippen molar-refractivity contribution in [1.29, 1.82) is 0 Å². The first-order valence-electron chi connectivity index (χ1n) is 5.54. The van der Waals surface area contributed by atoms with E-state index in [1.54, 1.807) is 11.9 Å². The summed E-state index contributed by atoms with van der Waals surface area (Å²) < 4.78 is 0. The Morgan fingerprint density at radius 1 is 1.50 bits per heavy atom. The molecule has 1 unspecified atom stereocenters. The summed E-state index contributed by atoms with van der Waals surface area (Å²) in [6.07, 6.45) is 1.14. The number of hydrogen-bond donors (Lipinski definition) is 0. The second-order valence-corrected chi connectivity index (χ2v) is 5.60. The Morgan fingerprint density at radius 3 is 2.50 bits per heavy atom. The summed E-state index contributed by atoms with van der Waals surface area (Å²) in [7, 11) is 1.77. The van der Waals surface area contributed by atoms with Crippen molar-refractivity contribution < 1.29 is 4.92 Å². The van der Waals surface area contributed by atoms with Crippen molar-refractivity contribution in [3.8, 4) is 0 Å². The minimum atomic E-state index is -0.502. The highest BCUT2D eigenvalue weighted by molar-refractivity contribution is 6.28. The Balaban J connectivity index is 3.23. The lowest BCUT2D eigenvalue weighted by molar-refractivity contribution is -0.384. The fourth-order valence-electron chi connectivity index (χ4n) is 1.50. The maximum atomic E-state index is 11.0. The van der Waals surface area contributed by atoms with E-state index in [1.165, 1.54) is 0 Å². The molecule has 1 heterocycles. The van der Waals surface area contributed by atoms with Gasteiger partial charge in [0, 0.05) is 13.1 Å². The molecule has 1 rings (SSSR count). The Kier molecular flexibility index (Phi) is 4.11. The predicted octanol–water partition coefficient (Wildman–Crippen LogP) is 2.91. The maximum Gasteiger partial charge on any atom is 0.329 e. The molecule has 1 aromatic rings. The van der Waals surface area contributed by atoms with Gasteiger partial charge < -0.3 is 4.90 Å². The fourth-order valence-corrected chi connectivity index (χ4v) is 1.63. The van der Waals surface area contributed by atoms with Crippen molar-refractivity contribution in [3.63, 3.8) is 0 Å². The van der Waals surface area contributed by atoms with Gasteiger partial charge in [-0.15, -0.1) is 0 Å². The highest BCUT2D eigenvalue weighted by atomic mass is 35.5. The molecule has 0 fully saturated rings. The molecule has 100 valence electrons. The van der Waals surface area contributed by atoms with Crippen molar-refractivity contribution in [1.82, 2.24) is 9.97 Å². The Morgan fingerprint density at radius 2 is 2.06 bits per heavy atom. The van der Waals surface area contributed by atoms with Gasteiger partial charge in [-0.2, -0.15) is 4.98 Å². The van der Waals surface area contributed by atoms with Crippen LogP contribution >= 0.6 is 11.6 Å². The van der Waals surface area contributed by atoms with Gasteiger partial charge in [0.05, 0.1) is 4.92 Å². The molecular formula is C11H17ClN4O2. The predicted molar refractivity (Wildman–Crippen MR) is 71.0 cm³/mol. The van der Waals surface area contributed by atoms with Gasteiger partial charge in [0.25, 0.3) is 0 Å². The molecule has 0 aliphatic heterocycles. The van der Waals surface area contributed by atoms with E-state index in [0.717, 1.165) is 6.20 Å². The van der Waals surface area contributed by atoms with Gasteiger partial charge in [-0.1, -0.05) is 20.8 Å². The molecule has 0 bridgehead atoms. The fraction of sp³-hybridized carbons (Fsp3) is 0.636. The molecule has 0 spiro atoms. The zero-order valence-electron chi connectivity index (χ0n) is 11.1. The lowest BCUT2D eigenvalue weighted by atomic mass is 9.87. The van der Waals surface area contributed by atoms with E-state index in [0.29, 0.717) is 0 Å². The van der Waals surface area contributed by atoms with E-state index in [4.69, 9.17) is 11.6 Å². The molecule has 0 aliphatic carbocycles. The van der Waals surface area contributed by atoms with Gasteiger partial charge in [0.2, 0.25) is 11.1 Å². The largest absolute Gasteiger partial charge is 0.351 e. The number of halogens is 1. The van der Waals surface area contributed by atoms with Gasteiger partial charge in [-0.25, -0.2) is 4.98 Å². The molecule has 0 aliphatic rings. The van der Waals surface area contributed by atoms with Crippen LogP contribution in [0.5, 0.6) is 0 Å². The van der Waals surface area contributed by atoms with Gasteiger partial charge in [0.1, 0.15) is 6.20 Å². The third-order valence-electron chi connectivity index (χ3n) is 3.09. The zero-order valence-corrected chi connectivity index (χ0v) is 11.9. The van der Waals surface area contributed by atoms with Crippen molar-refractivity contribution >= 4 is 23.1 Å². The number of aromatic nitrogens is 2. The van der Waals surface area contributed by atoms with Gasteiger partial charge >= 0.3 is 5.69 Å². The van der Waals surface area contributed by atoms with Crippen molar-refractivity contribution in [2.75, 3.05) is 11.9 Å². The van der Waals surface area contributed by atoms with Crippen LogP contribution in [0.3, 0.4) is 0 Å². The summed E-state index contributed by atoms with van der Waals surface area (Å²) >= 11 is 5.71. The van der Waals surface area contributed by atoms with E-state index in [2.05, 4.69) is 30.7 Å². The Bertz CT molecular complexity index is 459. The van der Waals surface area contributed by atoms with E-state index >= 15 is 0 Å². The quantitative estimate of drug-likeness (QED) is 0.481. The van der Waals surface area contributed by atoms with E-state index in [1.807, 2.05) is 6.92 Å². The number of nitro groups is 1. The number of nitrogens with zero attached hydrogens (tertiary/aromatic N) is 4. The zero-order chi connectivity index (χ0) is 14.1. The summed E-state index contributed by atoms with van der Waals surface area (Å²) in [4.78, 5) is 19.8. The number of rotatable bonds is 3. The first-order valence-corrected chi connectivity index (χ1v) is 5.92. The van der Waals surface area contributed by atoms with Crippen LogP contribution in [0.4, 0.5) is 11.5 Å². The van der Waals surface area contributed by atoms with Crippen LogP contribution in [0.2, 0.25) is 5.28 Å². The van der Waals surface area contributed by atoms with Crippen LogP contribution < -0.4 is 4.90 Å². The molecule has 0 saturated carbocycles. The van der Waals surface area contributed by atoms with Crippen molar-refractivity contribution in [3.05, 3.63) is 21.6 Å². The third-order valence-corrected chi connectivity index (χ3v) is 3.27. The molecule has 0 aromatic carbocycles. The highest BCUT2D eigenvalue weighted by Gasteiger charge is 2.29. The van der Waals surface area contributed by atoms with Crippen molar-refractivity contribution in [2.45, 2.75) is 33.7 Å². The first kappa shape index (κ1) is 14.6. The summed E-state index contributed by atoms with van der Waals surface area (Å²) in [6.45, 7) is 8.16. The molecule has 0 saturated heterocycles. The lowest BCUT2D eigenvalue weighted by Gasteiger charge is -2.35.